The minimum atomic E-state index is -6.34. The van der Waals surface area contributed by atoms with Crippen LogP contribution >= 0.6 is 0 Å². The summed E-state index contributed by atoms with van der Waals surface area (Å²) in [6.07, 6.45) is -12.4. The molecule has 1 heterocycles. The maximum atomic E-state index is 14.6. The SMILES string of the molecule is CC1(O)CCN(C(=O)C2CCC(c3ccc(C(F)(C(F)(F)F)C(F)(F)F)cc3)(S(=O)(=O)c3ccc(F)cc3)CC2)CC1. The highest BCUT2D eigenvalue weighted by molar-refractivity contribution is 7.92. The number of carbonyl (C=O) groups excluding carboxylic acids is 1. The number of amides is 1. The first-order valence-electron chi connectivity index (χ1n) is 13.2. The summed E-state index contributed by atoms with van der Waals surface area (Å²) in [5.74, 6) is -1.59. The first kappa shape index (κ1) is 32.2. The van der Waals surface area contributed by atoms with Gasteiger partial charge in [0.2, 0.25) is 5.91 Å². The van der Waals surface area contributed by atoms with E-state index in [0.717, 1.165) is 36.4 Å². The van der Waals surface area contributed by atoms with Crippen molar-refractivity contribution in [2.75, 3.05) is 13.1 Å². The van der Waals surface area contributed by atoms with Crippen LogP contribution < -0.4 is 0 Å². The number of hydrogen-bond donors (Lipinski definition) is 1. The molecule has 5 nitrogen and oxygen atoms in total. The van der Waals surface area contributed by atoms with Crippen molar-refractivity contribution in [3.63, 3.8) is 0 Å². The van der Waals surface area contributed by atoms with Gasteiger partial charge < -0.3 is 10.0 Å². The third kappa shape index (κ3) is 5.51. The van der Waals surface area contributed by atoms with Gasteiger partial charge in [-0.05, 0) is 75.3 Å². The van der Waals surface area contributed by atoms with Crippen molar-refractivity contribution in [1.29, 1.82) is 0 Å². The Balaban J connectivity index is 1.71. The second-order valence-electron chi connectivity index (χ2n) is 11.3. The molecule has 1 saturated heterocycles. The highest BCUT2D eigenvalue weighted by Crippen LogP contribution is 2.54. The normalized spacial score (nSPS) is 24.0. The molecule has 2 aromatic rings. The van der Waals surface area contributed by atoms with Crippen LogP contribution in [0, 0.1) is 11.7 Å². The Morgan fingerprint density at radius 2 is 1.31 bits per heavy atom. The number of nitrogens with zero attached hydrogens (tertiary/aromatic N) is 1. The van der Waals surface area contributed by atoms with Gasteiger partial charge in [0.1, 0.15) is 10.6 Å². The molecule has 2 aliphatic rings. The minimum Gasteiger partial charge on any atom is -0.390 e. The fraction of sp³-hybridized carbons (Fsp3) is 0.536. The van der Waals surface area contributed by atoms with E-state index in [4.69, 9.17) is 0 Å². The number of piperidine rings is 1. The number of sulfone groups is 1. The fourth-order valence-corrected chi connectivity index (χ4v) is 8.01. The van der Waals surface area contributed by atoms with Crippen molar-refractivity contribution in [2.45, 2.75) is 78.7 Å². The number of benzene rings is 2. The smallest absolute Gasteiger partial charge is 0.390 e. The molecule has 0 atom stereocenters. The standard InChI is InChI=1S/C28H29F8NO4S/c1-24(39)14-16-37(17-15-24)23(38)18-10-12-25(13-11-18,42(40,41)22-8-6-21(29)7-9-22)19-2-4-20(5-3-19)26(30,27(31,32)33)28(34,35)36/h2-9,18,39H,10-17H2,1H3. The van der Waals surface area contributed by atoms with Crippen molar-refractivity contribution < 1.29 is 53.4 Å². The Labute approximate surface area is 237 Å². The van der Waals surface area contributed by atoms with Gasteiger partial charge in [-0.2, -0.15) is 26.3 Å². The van der Waals surface area contributed by atoms with Crippen LogP contribution in [0.1, 0.15) is 56.6 Å². The van der Waals surface area contributed by atoms with E-state index in [1.807, 2.05) is 0 Å². The van der Waals surface area contributed by atoms with Gasteiger partial charge >= 0.3 is 18.0 Å². The molecule has 1 amide bonds. The highest BCUT2D eigenvalue weighted by atomic mass is 32.2. The number of likely N-dealkylation sites (tertiary alicyclic amines) is 1. The lowest BCUT2D eigenvalue weighted by Gasteiger charge is -2.42. The second-order valence-corrected chi connectivity index (χ2v) is 13.5. The third-order valence-corrected chi connectivity index (χ3v) is 11.1. The maximum absolute atomic E-state index is 14.6. The summed E-state index contributed by atoms with van der Waals surface area (Å²) in [5.41, 5.74) is -8.54. The molecule has 42 heavy (non-hydrogen) atoms. The van der Waals surface area contributed by atoms with Gasteiger partial charge in [0, 0.05) is 24.6 Å². The lowest BCUT2D eigenvalue weighted by molar-refractivity contribution is -0.348. The Morgan fingerprint density at radius 1 is 0.833 bits per heavy atom. The molecule has 232 valence electrons. The van der Waals surface area contributed by atoms with Crippen LogP contribution in [-0.2, 0) is 25.0 Å². The highest BCUT2D eigenvalue weighted by Gasteiger charge is 2.73. The number of rotatable bonds is 5. The van der Waals surface area contributed by atoms with Crippen molar-refractivity contribution in [3.8, 4) is 0 Å². The molecule has 2 fully saturated rings. The van der Waals surface area contributed by atoms with Gasteiger partial charge in [0.15, 0.2) is 9.84 Å². The number of aliphatic hydroxyl groups is 1. The Kier molecular flexibility index (Phi) is 8.24. The predicted octanol–water partition coefficient (Wildman–Crippen LogP) is 6.35. The number of hydrogen-bond acceptors (Lipinski definition) is 4. The van der Waals surface area contributed by atoms with Gasteiger partial charge in [0.25, 0.3) is 0 Å². The van der Waals surface area contributed by atoms with Gasteiger partial charge in [-0.3, -0.25) is 4.79 Å². The fourth-order valence-electron chi connectivity index (χ4n) is 5.84. The van der Waals surface area contributed by atoms with E-state index in [1.165, 1.54) is 0 Å². The van der Waals surface area contributed by atoms with E-state index >= 15 is 0 Å². The summed E-state index contributed by atoms with van der Waals surface area (Å²) >= 11 is 0. The number of carbonyl (C=O) groups is 1. The van der Waals surface area contributed by atoms with Crippen LogP contribution in [0.4, 0.5) is 35.1 Å². The lowest BCUT2D eigenvalue weighted by Crippen LogP contribution is -2.50. The zero-order valence-corrected chi connectivity index (χ0v) is 23.2. The van der Waals surface area contributed by atoms with E-state index in [2.05, 4.69) is 0 Å². The summed E-state index contributed by atoms with van der Waals surface area (Å²) < 4.78 is 134. The number of alkyl halides is 7. The summed E-state index contributed by atoms with van der Waals surface area (Å²) in [5, 5.41) is 10.2. The largest absolute Gasteiger partial charge is 0.435 e. The van der Waals surface area contributed by atoms with E-state index in [0.29, 0.717) is 25.9 Å². The Morgan fingerprint density at radius 3 is 1.76 bits per heavy atom. The molecule has 0 unspecified atom stereocenters. The minimum absolute atomic E-state index is 0.0199. The van der Waals surface area contributed by atoms with Crippen LogP contribution in [0.3, 0.4) is 0 Å². The Hall–Kier alpha value is -2.74. The molecule has 1 saturated carbocycles. The van der Waals surface area contributed by atoms with Gasteiger partial charge in [-0.25, -0.2) is 17.2 Å². The number of halogens is 8. The predicted molar refractivity (Wildman–Crippen MR) is 135 cm³/mol. The summed E-state index contributed by atoms with van der Waals surface area (Å²) in [6, 6.07) is 5.80. The summed E-state index contributed by atoms with van der Waals surface area (Å²) in [6.45, 7) is 2.25. The first-order chi connectivity index (χ1) is 19.3. The summed E-state index contributed by atoms with van der Waals surface area (Å²) in [4.78, 5) is 14.5. The van der Waals surface area contributed by atoms with Gasteiger partial charge in [0.05, 0.1) is 10.5 Å². The van der Waals surface area contributed by atoms with Crippen molar-refractivity contribution in [3.05, 3.63) is 65.5 Å². The average Bonchev–Trinajstić information content (AvgIpc) is 2.91. The van der Waals surface area contributed by atoms with Gasteiger partial charge in [-0.1, -0.05) is 24.3 Å². The average molecular weight is 628 g/mol. The third-order valence-electron chi connectivity index (χ3n) is 8.52. The van der Waals surface area contributed by atoms with E-state index in [1.54, 1.807) is 11.8 Å². The Bertz CT molecular complexity index is 1370. The van der Waals surface area contributed by atoms with Crippen LogP contribution in [0.15, 0.2) is 53.4 Å². The van der Waals surface area contributed by atoms with E-state index in [9.17, 15) is 53.4 Å². The van der Waals surface area contributed by atoms with Crippen molar-refractivity contribution in [2.24, 2.45) is 5.92 Å². The molecular formula is C28H29F8NO4S. The monoisotopic (exact) mass is 627 g/mol. The topological polar surface area (TPSA) is 74.7 Å². The molecule has 1 aliphatic heterocycles. The van der Waals surface area contributed by atoms with Crippen LogP contribution in [-0.4, -0.2) is 55.4 Å². The van der Waals surface area contributed by atoms with Crippen LogP contribution in [0.25, 0.3) is 0 Å². The quantitative estimate of drug-likeness (QED) is 0.310. The van der Waals surface area contributed by atoms with Crippen molar-refractivity contribution >= 4 is 15.7 Å². The molecule has 0 radical (unpaired) electrons. The van der Waals surface area contributed by atoms with E-state index in [-0.39, 0.29) is 54.2 Å². The molecule has 14 heteroatoms. The first-order valence-corrected chi connectivity index (χ1v) is 14.7. The second kappa shape index (κ2) is 10.8. The molecular weight excluding hydrogens is 598 g/mol. The molecule has 0 aromatic heterocycles. The summed E-state index contributed by atoms with van der Waals surface area (Å²) in [7, 11) is -4.45. The zero-order chi connectivity index (χ0) is 31.4. The zero-order valence-electron chi connectivity index (χ0n) is 22.4. The van der Waals surface area contributed by atoms with Crippen LogP contribution in [0.5, 0.6) is 0 Å². The molecule has 0 spiro atoms. The van der Waals surface area contributed by atoms with E-state index < -0.39 is 55.5 Å². The molecule has 4 rings (SSSR count). The lowest BCUT2D eigenvalue weighted by atomic mass is 9.76. The van der Waals surface area contributed by atoms with Crippen molar-refractivity contribution in [1.82, 2.24) is 4.90 Å². The molecule has 1 N–H and O–H groups in total. The van der Waals surface area contributed by atoms with Gasteiger partial charge in [-0.15, -0.1) is 0 Å². The molecule has 1 aliphatic carbocycles. The van der Waals surface area contributed by atoms with Crippen LogP contribution in [0.2, 0.25) is 0 Å². The molecule has 0 bridgehead atoms. The molecule has 2 aromatic carbocycles. The maximum Gasteiger partial charge on any atom is 0.435 e.